The highest BCUT2D eigenvalue weighted by Crippen LogP contribution is 2.67. The second-order valence-corrected chi connectivity index (χ2v) is 5.68. The zero-order valence-electron chi connectivity index (χ0n) is 10.5. The van der Waals surface area contributed by atoms with Crippen molar-refractivity contribution in [2.45, 2.75) is 24.7 Å². The van der Waals surface area contributed by atoms with Crippen molar-refractivity contribution in [2.24, 2.45) is 11.3 Å². The molecule has 2 heterocycles. The molecule has 0 radical (unpaired) electrons. The fraction of sp³-hybridized carbons (Fsp3) is 0.583. The van der Waals surface area contributed by atoms with E-state index in [0.29, 0.717) is 12.1 Å². The Balaban J connectivity index is 1.85. The number of aliphatic hydroxyl groups excluding tert-OH is 3. The van der Waals surface area contributed by atoms with E-state index in [1.54, 1.807) is 4.57 Å². The Hall–Kier alpha value is -1.77. The van der Waals surface area contributed by atoms with Crippen molar-refractivity contribution in [3.63, 3.8) is 0 Å². The first-order valence-corrected chi connectivity index (χ1v) is 6.47. The van der Waals surface area contributed by atoms with Crippen LogP contribution < -0.4 is 5.56 Å². The minimum Gasteiger partial charge on any atom is -0.396 e. The molecule has 4 rings (SSSR count). The lowest BCUT2D eigenvalue weighted by Crippen LogP contribution is -2.35. The van der Waals surface area contributed by atoms with E-state index in [9.17, 15) is 20.1 Å². The number of hydrogen-bond acceptors (Lipinski definition) is 6. The number of fused-ring (bicyclic) bond motifs is 2. The molecule has 0 saturated heterocycles. The predicted molar refractivity (Wildman–Crippen MR) is 66.8 cm³/mol. The van der Waals surface area contributed by atoms with Crippen molar-refractivity contribution in [3.05, 3.63) is 23.0 Å². The molecule has 8 nitrogen and oxygen atoms in total. The van der Waals surface area contributed by atoms with E-state index in [0.717, 1.165) is 0 Å². The van der Waals surface area contributed by atoms with Gasteiger partial charge in [-0.1, -0.05) is 0 Å². The third-order valence-electron chi connectivity index (χ3n) is 4.83. The van der Waals surface area contributed by atoms with Crippen LogP contribution in [-0.4, -0.2) is 53.7 Å². The molecule has 8 heteroatoms. The zero-order valence-corrected chi connectivity index (χ0v) is 10.5. The summed E-state index contributed by atoms with van der Waals surface area (Å²) in [5, 5.41) is 29.8. The minimum atomic E-state index is -1.00. The number of imidazole rings is 1. The lowest BCUT2D eigenvalue weighted by Gasteiger charge is -2.23. The molecule has 5 atom stereocenters. The number of aromatic nitrogens is 4. The highest BCUT2D eigenvalue weighted by molar-refractivity contribution is 5.69. The fourth-order valence-electron chi connectivity index (χ4n) is 3.63. The van der Waals surface area contributed by atoms with Crippen LogP contribution in [0.3, 0.4) is 0 Å². The van der Waals surface area contributed by atoms with Gasteiger partial charge in [0.05, 0.1) is 31.4 Å². The average molecular weight is 278 g/mol. The second kappa shape index (κ2) is 3.66. The summed E-state index contributed by atoms with van der Waals surface area (Å²) in [6.07, 6.45) is 1.42. The summed E-state index contributed by atoms with van der Waals surface area (Å²) in [5.41, 5.74) is -0.380. The molecule has 0 bridgehead atoms. The molecule has 0 amide bonds. The second-order valence-electron chi connectivity index (χ2n) is 5.68. The number of aliphatic hydroxyl groups is 3. The van der Waals surface area contributed by atoms with E-state index in [1.807, 2.05) is 0 Å². The molecule has 2 saturated carbocycles. The zero-order chi connectivity index (χ0) is 14.1. The van der Waals surface area contributed by atoms with E-state index < -0.39 is 23.7 Å². The normalized spacial score (nSPS) is 39.1. The Morgan fingerprint density at radius 1 is 1.45 bits per heavy atom. The molecule has 2 aliphatic rings. The van der Waals surface area contributed by atoms with E-state index in [-0.39, 0.29) is 23.6 Å². The Morgan fingerprint density at radius 2 is 2.25 bits per heavy atom. The van der Waals surface area contributed by atoms with Crippen LogP contribution in [0.15, 0.2) is 17.4 Å². The SMILES string of the molecule is O=c1[nH]cnc2c1ncn2[C@H]1[C@H](O)[C@H](O)[C@@]2(CO)C[C@@H]12. The van der Waals surface area contributed by atoms with Crippen LogP contribution in [0.2, 0.25) is 0 Å². The van der Waals surface area contributed by atoms with E-state index in [4.69, 9.17) is 0 Å². The lowest BCUT2D eigenvalue weighted by molar-refractivity contribution is -0.0300. The molecule has 2 aliphatic carbocycles. The van der Waals surface area contributed by atoms with Crippen LogP contribution in [0.1, 0.15) is 12.5 Å². The monoisotopic (exact) mass is 278 g/mol. The highest BCUT2D eigenvalue weighted by Gasteiger charge is 2.71. The number of nitrogens with zero attached hydrogens (tertiary/aromatic N) is 3. The van der Waals surface area contributed by atoms with Gasteiger partial charge in [0.1, 0.15) is 6.10 Å². The van der Waals surface area contributed by atoms with Crippen molar-refractivity contribution >= 4 is 11.2 Å². The molecule has 20 heavy (non-hydrogen) atoms. The van der Waals surface area contributed by atoms with Crippen LogP contribution in [0.4, 0.5) is 0 Å². The van der Waals surface area contributed by atoms with E-state index in [2.05, 4.69) is 15.0 Å². The molecule has 2 fully saturated rings. The largest absolute Gasteiger partial charge is 0.396 e. The quantitative estimate of drug-likeness (QED) is 0.524. The van der Waals surface area contributed by atoms with Gasteiger partial charge in [-0.05, 0) is 12.3 Å². The molecule has 0 aromatic carbocycles. The third-order valence-corrected chi connectivity index (χ3v) is 4.83. The van der Waals surface area contributed by atoms with Gasteiger partial charge in [-0.15, -0.1) is 0 Å². The molecule has 106 valence electrons. The summed E-state index contributed by atoms with van der Waals surface area (Å²) in [4.78, 5) is 22.2. The molecule has 0 unspecified atom stereocenters. The van der Waals surface area contributed by atoms with Crippen molar-refractivity contribution in [3.8, 4) is 0 Å². The summed E-state index contributed by atoms with van der Waals surface area (Å²) in [5.74, 6) is -0.0315. The summed E-state index contributed by atoms with van der Waals surface area (Å²) >= 11 is 0. The van der Waals surface area contributed by atoms with Crippen LogP contribution in [0.25, 0.3) is 11.2 Å². The molecule has 2 aromatic heterocycles. The highest BCUT2D eigenvalue weighted by atomic mass is 16.3. The minimum absolute atomic E-state index is 0.0315. The van der Waals surface area contributed by atoms with E-state index in [1.165, 1.54) is 12.7 Å². The maximum absolute atomic E-state index is 11.6. The number of aromatic amines is 1. The maximum atomic E-state index is 11.6. The maximum Gasteiger partial charge on any atom is 0.278 e. The Kier molecular flexibility index (Phi) is 2.20. The summed E-state index contributed by atoms with van der Waals surface area (Å²) < 4.78 is 1.63. The van der Waals surface area contributed by atoms with Crippen LogP contribution in [-0.2, 0) is 0 Å². The van der Waals surface area contributed by atoms with Crippen molar-refractivity contribution in [1.82, 2.24) is 19.5 Å². The smallest absolute Gasteiger partial charge is 0.278 e. The van der Waals surface area contributed by atoms with Gasteiger partial charge in [0.25, 0.3) is 5.56 Å². The van der Waals surface area contributed by atoms with Crippen molar-refractivity contribution in [1.29, 1.82) is 0 Å². The van der Waals surface area contributed by atoms with Crippen molar-refractivity contribution < 1.29 is 15.3 Å². The summed E-state index contributed by atoms with van der Waals surface area (Å²) in [7, 11) is 0. The van der Waals surface area contributed by atoms with Gasteiger partial charge >= 0.3 is 0 Å². The van der Waals surface area contributed by atoms with Gasteiger partial charge in [-0.2, -0.15) is 0 Å². The van der Waals surface area contributed by atoms with Crippen LogP contribution >= 0.6 is 0 Å². The molecular weight excluding hydrogens is 264 g/mol. The summed E-state index contributed by atoms with van der Waals surface area (Å²) in [6.45, 7) is -0.160. The van der Waals surface area contributed by atoms with Gasteiger partial charge in [-0.3, -0.25) is 4.79 Å². The molecule has 2 aromatic rings. The van der Waals surface area contributed by atoms with E-state index >= 15 is 0 Å². The van der Waals surface area contributed by atoms with Gasteiger partial charge < -0.3 is 24.9 Å². The number of nitrogens with one attached hydrogen (secondary N) is 1. The Morgan fingerprint density at radius 3 is 2.95 bits per heavy atom. The fourth-order valence-corrected chi connectivity index (χ4v) is 3.63. The first-order valence-electron chi connectivity index (χ1n) is 6.47. The third kappa shape index (κ3) is 1.23. The average Bonchev–Trinajstić information content (AvgIpc) is 2.95. The number of hydrogen-bond donors (Lipinski definition) is 4. The van der Waals surface area contributed by atoms with Gasteiger partial charge in [0.15, 0.2) is 11.2 Å². The van der Waals surface area contributed by atoms with Crippen LogP contribution in [0.5, 0.6) is 0 Å². The van der Waals surface area contributed by atoms with Gasteiger partial charge in [0.2, 0.25) is 0 Å². The number of H-pyrrole nitrogens is 1. The Labute approximate surface area is 112 Å². The standard InChI is InChI=1S/C12H14N4O4/c17-2-12-1-5(12)7(8(18)9(12)19)16-4-15-6-10(16)13-3-14-11(6)20/h3-5,7-9,17-19H,1-2H2,(H,13,14,20)/t5-,7+,8-,9-,12+/m0/s1. The lowest BCUT2D eigenvalue weighted by atomic mass is 10.0. The molecule has 0 spiro atoms. The first kappa shape index (κ1) is 12.0. The first-order chi connectivity index (χ1) is 9.60. The topological polar surface area (TPSA) is 124 Å². The molecular formula is C12H14N4O4. The van der Waals surface area contributed by atoms with Gasteiger partial charge in [0, 0.05) is 5.41 Å². The molecule has 4 N–H and O–H groups in total. The number of rotatable bonds is 2. The van der Waals surface area contributed by atoms with Crippen molar-refractivity contribution in [2.75, 3.05) is 6.61 Å². The Bertz CT molecular complexity index is 740. The van der Waals surface area contributed by atoms with Gasteiger partial charge in [-0.25, -0.2) is 9.97 Å². The molecule has 0 aliphatic heterocycles. The summed E-state index contributed by atoms with van der Waals surface area (Å²) in [6, 6.07) is -0.420. The van der Waals surface area contributed by atoms with Crippen LogP contribution in [0, 0.1) is 11.3 Å². The predicted octanol–water partition coefficient (Wildman–Crippen LogP) is -1.61.